The lowest BCUT2D eigenvalue weighted by atomic mass is 9.59. The lowest BCUT2D eigenvalue weighted by molar-refractivity contribution is -0.147. The molecule has 1 aromatic carbocycles. The van der Waals surface area contributed by atoms with Crippen LogP contribution in [0.1, 0.15) is 55.2 Å². The second kappa shape index (κ2) is 9.07. The van der Waals surface area contributed by atoms with E-state index in [2.05, 4.69) is 17.9 Å². The van der Waals surface area contributed by atoms with E-state index in [1.54, 1.807) is 6.07 Å². The average molecular weight is 519 g/mol. The number of phenols is 1. The number of carbonyl (C=O) groups excluding carboxylic acids is 3. The van der Waals surface area contributed by atoms with Crippen molar-refractivity contribution in [3.05, 3.63) is 51.3 Å². The summed E-state index contributed by atoms with van der Waals surface area (Å²) in [6.07, 6.45) is 6.04. The monoisotopic (exact) mass is 518 g/mol. The van der Waals surface area contributed by atoms with Gasteiger partial charge in [-0.05, 0) is 61.6 Å². The number of Topliss-reactive ketones (excluding diaryl/α,β-unsaturated/α-hetero) is 2. The van der Waals surface area contributed by atoms with Crippen LogP contribution in [0.25, 0.3) is 5.76 Å². The van der Waals surface area contributed by atoms with E-state index in [0.717, 1.165) is 31.3 Å². The number of fused-ring (bicyclic) bond motifs is 3. The highest BCUT2D eigenvalue weighted by Crippen LogP contribution is 2.53. The van der Waals surface area contributed by atoms with E-state index in [0.29, 0.717) is 11.3 Å². The lowest BCUT2D eigenvalue weighted by Gasteiger charge is -2.46. The van der Waals surface area contributed by atoms with Crippen molar-refractivity contribution in [1.82, 2.24) is 0 Å². The number of carbonyl (C=O) groups is 3. The number of anilines is 1. The van der Waals surface area contributed by atoms with E-state index >= 15 is 0 Å². The molecule has 3 atom stereocenters. The summed E-state index contributed by atoms with van der Waals surface area (Å²) in [6, 6.07) is 1.75. The quantitative estimate of drug-likeness (QED) is 0.294. The molecule has 1 aromatic rings. The number of aromatic hydroxyl groups is 1. The summed E-state index contributed by atoms with van der Waals surface area (Å²) in [4.78, 5) is 39.9. The molecule has 1 fully saturated rings. The average Bonchev–Trinajstić information content (AvgIpc) is 2.86. The molecular formula is C29H30N2O7. The van der Waals surface area contributed by atoms with Gasteiger partial charge in [0.25, 0.3) is 5.91 Å². The Balaban J connectivity index is 1.69. The van der Waals surface area contributed by atoms with E-state index in [9.17, 15) is 34.8 Å². The second-order valence-electron chi connectivity index (χ2n) is 10.7. The molecule has 4 aliphatic carbocycles. The predicted octanol–water partition coefficient (Wildman–Crippen LogP) is 2.34. The van der Waals surface area contributed by atoms with Gasteiger partial charge in [-0.15, -0.1) is 0 Å². The summed E-state index contributed by atoms with van der Waals surface area (Å²) < 4.78 is 0. The third-order valence-corrected chi connectivity index (χ3v) is 8.17. The van der Waals surface area contributed by atoms with Gasteiger partial charge in [0.05, 0.1) is 11.1 Å². The molecule has 9 heteroatoms. The molecule has 0 saturated heterocycles. The van der Waals surface area contributed by atoms with E-state index in [1.165, 1.54) is 0 Å². The zero-order valence-electron chi connectivity index (χ0n) is 21.3. The summed E-state index contributed by atoms with van der Waals surface area (Å²) in [5, 5.41) is 44.8. The van der Waals surface area contributed by atoms with Gasteiger partial charge >= 0.3 is 0 Å². The lowest BCUT2D eigenvalue weighted by Crippen LogP contribution is -2.58. The maximum absolute atomic E-state index is 13.7. The number of primary amides is 1. The van der Waals surface area contributed by atoms with E-state index in [-0.39, 0.29) is 41.7 Å². The Kier molecular flexibility index (Phi) is 6.11. The molecular weight excluding hydrogens is 488 g/mol. The summed E-state index contributed by atoms with van der Waals surface area (Å²) in [6.45, 7) is 0. The molecule has 38 heavy (non-hydrogen) atoms. The molecule has 0 spiro atoms. The molecule has 198 valence electrons. The number of aliphatic hydroxyl groups is 3. The number of phenolic OH excluding ortho intramolecular Hbond substituents is 1. The second-order valence-corrected chi connectivity index (χ2v) is 10.7. The number of hydrogen-bond donors (Lipinski definition) is 5. The molecule has 0 heterocycles. The minimum atomic E-state index is -2.58. The van der Waals surface area contributed by atoms with Gasteiger partial charge in [0.2, 0.25) is 5.78 Å². The molecule has 0 aromatic heterocycles. The third kappa shape index (κ3) is 3.71. The topological polar surface area (TPSA) is 161 Å². The van der Waals surface area contributed by atoms with Crippen LogP contribution in [-0.2, 0) is 20.8 Å². The number of aliphatic hydroxyl groups excluding tert-OH is 2. The summed E-state index contributed by atoms with van der Waals surface area (Å²) in [5.74, 6) is -0.337. The fourth-order valence-electron chi connectivity index (χ4n) is 6.26. The van der Waals surface area contributed by atoms with Gasteiger partial charge < -0.3 is 31.1 Å². The Hall–Kier alpha value is -4.03. The Labute approximate surface area is 219 Å². The standard InChI is InChI=1S/C29H30N2O7/c1-31(2)19-12-15(9-8-14-6-4-3-5-7-14)24(33)22-18(19)11-16-10-17-13-20(32)23(28(30)37)27(36)29(17,38)26(35)21(16)25(22)34/h6,12,16-17,33-34,36,38H,3-5,7,10-11,13H2,1-2H3,(H2,30,37). The van der Waals surface area contributed by atoms with Gasteiger partial charge in [-0.2, -0.15) is 0 Å². The van der Waals surface area contributed by atoms with Crippen LogP contribution in [0.15, 0.2) is 34.6 Å². The molecule has 0 bridgehead atoms. The van der Waals surface area contributed by atoms with Crippen molar-refractivity contribution in [2.75, 3.05) is 19.0 Å². The van der Waals surface area contributed by atoms with Crippen LogP contribution in [0.2, 0.25) is 0 Å². The van der Waals surface area contributed by atoms with Gasteiger partial charge in [-0.1, -0.05) is 17.9 Å². The molecule has 5 rings (SSSR count). The van der Waals surface area contributed by atoms with Crippen molar-refractivity contribution >= 4 is 28.9 Å². The van der Waals surface area contributed by atoms with E-state index in [1.807, 2.05) is 19.0 Å². The number of nitrogens with zero attached hydrogens (tertiary/aromatic N) is 1. The van der Waals surface area contributed by atoms with Gasteiger partial charge in [0, 0.05) is 37.7 Å². The molecule has 0 aliphatic heterocycles. The summed E-state index contributed by atoms with van der Waals surface area (Å²) in [5.41, 5.74) is 4.32. The van der Waals surface area contributed by atoms with Gasteiger partial charge in [-0.3, -0.25) is 14.4 Å². The van der Waals surface area contributed by atoms with E-state index in [4.69, 9.17) is 5.73 Å². The molecule has 4 aliphatic rings. The number of hydrogen-bond acceptors (Lipinski definition) is 8. The molecule has 9 nitrogen and oxygen atoms in total. The zero-order valence-corrected chi connectivity index (χ0v) is 21.3. The summed E-state index contributed by atoms with van der Waals surface area (Å²) in [7, 11) is 3.64. The minimum absolute atomic E-state index is 0.0465. The number of allylic oxidation sites excluding steroid dienone is 2. The largest absolute Gasteiger partial charge is 0.508 e. The predicted molar refractivity (Wildman–Crippen MR) is 139 cm³/mol. The van der Waals surface area contributed by atoms with Crippen molar-refractivity contribution in [3.63, 3.8) is 0 Å². The fraction of sp³-hybridized carbons (Fsp3) is 0.414. The van der Waals surface area contributed by atoms with Crippen LogP contribution in [0.5, 0.6) is 5.75 Å². The first-order valence-corrected chi connectivity index (χ1v) is 12.7. The number of amides is 1. The van der Waals surface area contributed by atoms with Crippen LogP contribution in [0.3, 0.4) is 0 Å². The molecule has 6 N–H and O–H groups in total. The first-order chi connectivity index (χ1) is 18.0. The van der Waals surface area contributed by atoms with Crippen molar-refractivity contribution in [2.24, 2.45) is 17.6 Å². The normalized spacial score (nSPS) is 26.6. The molecule has 1 saturated carbocycles. The number of nitrogens with two attached hydrogens (primary N) is 1. The third-order valence-electron chi connectivity index (χ3n) is 8.17. The van der Waals surface area contributed by atoms with Crippen LogP contribution < -0.4 is 10.6 Å². The van der Waals surface area contributed by atoms with Crippen molar-refractivity contribution in [3.8, 4) is 17.6 Å². The fourth-order valence-corrected chi connectivity index (χ4v) is 6.26. The first-order valence-electron chi connectivity index (χ1n) is 12.7. The highest BCUT2D eigenvalue weighted by atomic mass is 16.3. The van der Waals surface area contributed by atoms with Gasteiger partial charge in [0.15, 0.2) is 11.4 Å². The van der Waals surface area contributed by atoms with Crippen LogP contribution >= 0.6 is 0 Å². The van der Waals surface area contributed by atoms with Gasteiger partial charge in [-0.25, -0.2) is 0 Å². The molecule has 1 amide bonds. The smallest absolute Gasteiger partial charge is 0.255 e. The maximum atomic E-state index is 13.7. The Morgan fingerprint density at radius 3 is 2.50 bits per heavy atom. The highest BCUT2D eigenvalue weighted by molar-refractivity contribution is 6.22. The molecule has 0 radical (unpaired) electrons. The van der Waals surface area contributed by atoms with Crippen LogP contribution in [0.4, 0.5) is 5.69 Å². The minimum Gasteiger partial charge on any atom is -0.508 e. The van der Waals surface area contributed by atoms with Crippen LogP contribution in [0, 0.1) is 23.7 Å². The Morgan fingerprint density at radius 2 is 1.87 bits per heavy atom. The van der Waals surface area contributed by atoms with Gasteiger partial charge in [0.1, 0.15) is 22.8 Å². The van der Waals surface area contributed by atoms with Crippen LogP contribution in [-0.4, -0.2) is 57.6 Å². The van der Waals surface area contributed by atoms with E-state index < -0.39 is 52.0 Å². The summed E-state index contributed by atoms with van der Waals surface area (Å²) >= 11 is 0. The Bertz CT molecular complexity index is 1450. The Morgan fingerprint density at radius 1 is 1.13 bits per heavy atom. The SMILES string of the molecule is CN(C)c1cc(C#CC2=CCCCC2)c(O)c2c1CC1CC3CC(=O)C(C(N)=O)=C(O)C3(O)C(=O)C1=C2O. The molecule has 3 unspecified atom stereocenters. The zero-order chi connectivity index (χ0) is 27.5. The number of ketones is 2. The van der Waals surface area contributed by atoms with Crippen molar-refractivity contribution in [2.45, 2.75) is 50.5 Å². The number of rotatable bonds is 2. The first kappa shape index (κ1) is 25.6. The number of benzene rings is 1. The maximum Gasteiger partial charge on any atom is 0.255 e. The highest BCUT2D eigenvalue weighted by Gasteiger charge is 2.60. The van der Waals surface area contributed by atoms with Crippen molar-refractivity contribution in [1.29, 1.82) is 0 Å². The van der Waals surface area contributed by atoms with Crippen molar-refractivity contribution < 1.29 is 34.8 Å².